The third-order valence-electron chi connectivity index (χ3n) is 3.88. The number of ketones is 1. The lowest BCUT2D eigenvalue weighted by Crippen LogP contribution is -2.37. The smallest absolute Gasteiger partial charge is 0.247 e. The number of nitrogens with zero attached hydrogens (tertiary/aromatic N) is 2. The van der Waals surface area contributed by atoms with Gasteiger partial charge in [-0.3, -0.25) is 9.59 Å². The molecule has 1 aliphatic heterocycles. The average Bonchev–Trinajstić information content (AvgIpc) is 3.12. The summed E-state index contributed by atoms with van der Waals surface area (Å²) in [6, 6.07) is 6.60. The highest BCUT2D eigenvalue weighted by atomic mass is 16.5. The number of ether oxygens (including phenoxy) is 2. The first-order valence-electron chi connectivity index (χ1n) is 8.24. The molecule has 1 aromatic rings. The lowest BCUT2D eigenvalue weighted by atomic mass is 9.97. The molecule has 1 heterocycles. The van der Waals surface area contributed by atoms with Crippen LogP contribution < -0.4 is 9.47 Å². The Bertz CT molecular complexity index is 645. The van der Waals surface area contributed by atoms with Crippen LogP contribution in [0.15, 0.2) is 18.2 Å². The van der Waals surface area contributed by atoms with Crippen LogP contribution in [0.5, 0.6) is 11.5 Å². The first-order valence-corrected chi connectivity index (χ1v) is 8.24. The Kier molecular flexibility index (Phi) is 6.19. The van der Waals surface area contributed by atoms with E-state index in [0.29, 0.717) is 37.8 Å². The van der Waals surface area contributed by atoms with Crippen molar-refractivity contribution in [2.45, 2.75) is 26.7 Å². The summed E-state index contributed by atoms with van der Waals surface area (Å²) in [5.74, 6) is -1.24. The molecule has 0 bridgehead atoms. The van der Waals surface area contributed by atoms with Crippen LogP contribution in [0, 0.1) is 17.2 Å². The first kappa shape index (κ1) is 17.8. The minimum absolute atomic E-state index is 0.279. The topological polar surface area (TPSA) is 79.6 Å². The maximum absolute atomic E-state index is 12.6. The van der Waals surface area contributed by atoms with Crippen molar-refractivity contribution < 1.29 is 19.1 Å². The van der Waals surface area contributed by atoms with Crippen LogP contribution in [-0.2, 0) is 4.79 Å². The van der Waals surface area contributed by atoms with Gasteiger partial charge in [0.2, 0.25) is 5.91 Å². The molecule has 0 aromatic heterocycles. The fourth-order valence-electron chi connectivity index (χ4n) is 2.72. The maximum atomic E-state index is 12.6. The van der Waals surface area contributed by atoms with Crippen molar-refractivity contribution in [2.75, 3.05) is 26.3 Å². The quantitative estimate of drug-likeness (QED) is 0.566. The Balaban J connectivity index is 2.24. The predicted molar refractivity (Wildman–Crippen MR) is 88.0 cm³/mol. The normalized spacial score (nSPS) is 14.8. The van der Waals surface area contributed by atoms with Gasteiger partial charge in [-0.1, -0.05) is 0 Å². The van der Waals surface area contributed by atoms with E-state index >= 15 is 0 Å². The number of nitriles is 1. The number of carbonyl (C=O) groups is 2. The zero-order valence-corrected chi connectivity index (χ0v) is 14.1. The first-order chi connectivity index (χ1) is 11.6. The van der Waals surface area contributed by atoms with E-state index in [-0.39, 0.29) is 5.56 Å². The summed E-state index contributed by atoms with van der Waals surface area (Å²) in [6.07, 6.45) is 1.82. The van der Waals surface area contributed by atoms with E-state index in [4.69, 9.17) is 9.47 Å². The highest BCUT2D eigenvalue weighted by Gasteiger charge is 2.33. The fourth-order valence-corrected chi connectivity index (χ4v) is 2.72. The number of amides is 1. The Labute approximate surface area is 142 Å². The zero-order valence-electron chi connectivity index (χ0n) is 14.1. The van der Waals surface area contributed by atoms with Crippen molar-refractivity contribution in [3.8, 4) is 17.6 Å². The molecule has 1 atom stereocenters. The Morgan fingerprint density at radius 2 is 1.79 bits per heavy atom. The standard InChI is InChI=1S/C18H22N2O4/c1-3-23-15-8-7-13(11-16(15)24-4-2)17(21)14(12-19)18(22)20-9-5-6-10-20/h7-8,11,14H,3-6,9-10H2,1-2H3. The second kappa shape index (κ2) is 8.34. The van der Waals surface area contributed by atoms with Crippen molar-refractivity contribution in [1.82, 2.24) is 4.90 Å². The van der Waals surface area contributed by atoms with Crippen molar-refractivity contribution in [3.05, 3.63) is 23.8 Å². The lowest BCUT2D eigenvalue weighted by Gasteiger charge is -2.18. The molecule has 0 N–H and O–H groups in total. The van der Waals surface area contributed by atoms with Crippen LogP contribution in [0.2, 0.25) is 0 Å². The number of hydrogen-bond donors (Lipinski definition) is 0. The summed E-state index contributed by atoms with van der Waals surface area (Å²) >= 11 is 0. The number of likely N-dealkylation sites (tertiary alicyclic amines) is 1. The second-order valence-corrected chi connectivity index (χ2v) is 5.49. The number of benzene rings is 1. The molecule has 1 fully saturated rings. The SMILES string of the molecule is CCOc1ccc(C(=O)C(C#N)C(=O)N2CCCC2)cc1OCC. The van der Waals surface area contributed by atoms with Gasteiger partial charge < -0.3 is 14.4 Å². The molecule has 24 heavy (non-hydrogen) atoms. The molecule has 1 saturated heterocycles. The summed E-state index contributed by atoms with van der Waals surface area (Å²) in [6.45, 7) is 5.80. The van der Waals surface area contributed by atoms with Gasteiger partial charge in [0.25, 0.3) is 0 Å². The minimum Gasteiger partial charge on any atom is -0.490 e. The van der Waals surface area contributed by atoms with E-state index in [9.17, 15) is 14.9 Å². The second-order valence-electron chi connectivity index (χ2n) is 5.49. The number of Topliss-reactive ketones (excluding diaryl/α,β-unsaturated/α-hetero) is 1. The third-order valence-corrected chi connectivity index (χ3v) is 3.88. The molecular formula is C18H22N2O4. The van der Waals surface area contributed by atoms with Crippen molar-refractivity contribution in [2.24, 2.45) is 5.92 Å². The van der Waals surface area contributed by atoms with Crippen LogP contribution in [0.4, 0.5) is 0 Å². The van der Waals surface area contributed by atoms with Gasteiger partial charge in [0, 0.05) is 18.7 Å². The van der Waals surface area contributed by atoms with E-state index < -0.39 is 17.6 Å². The van der Waals surface area contributed by atoms with Gasteiger partial charge in [0.1, 0.15) is 0 Å². The number of rotatable bonds is 7. The number of hydrogen-bond acceptors (Lipinski definition) is 5. The van der Waals surface area contributed by atoms with E-state index in [0.717, 1.165) is 12.8 Å². The maximum Gasteiger partial charge on any atom is 0.247 e. The highest BCUT2D eigenvalue weighted by Crippen LogP contribution is 2.29. The van der Waals surface area contributed by atoms with Gasteiger partial charge in [0.05, 0.1) is 19.3 Å². The van der Waals surface area contributed by atoms with Gasteiger partial charge >= 0.3 is 0 Å². The third kappa shape index (κ3) is 3.85. The predicted octanol–water partition coefficient (Wildman–Crippen LogP) is 2.43. The van der Waals surface area contributed by atoms with Crippen molar-refractivity contribution >= 4 is 11.7 Å². The zero-order chi connectivity index (χ0) is 17.5. The summed E-state index contributed by atoms with van der Waals surface area (Å²) < 4.78 is 11.0. The highest BCUT2D eigenvalue weighted by molar-refractivity contribution is 6.12. The van der Waals surface area contributed by atoms with E-state index in [1.165, 1.54) is 0 Å². The van der Waals surface area contributed by atoms with Gasteiger partial charge in [-0.05, 0) is 44.9 Å². The summed E-state index contributed by atoms with van der Waals surface area (Å²) in [5.41, 5.74) is 0.279. The fraction of sp³-hybridized carbons (Fsp3) is 0.500. The van der Waals surface area contributed by atoms with E-state index in [2.05, 4.69) is 0 Å². The molecule has 1 aromatic carbocycles. The molecule has 128 valence electrons. The van der Waals surface area contributed by atoms with Gasteiger partial charge in [0.15, 0.2) is 23.2 Å². The number of carbonyl (C=O) groups excluding carboxylic acids is 2. The Hall–Kier alpha value is -2.55. The summed E-state index contributed by atoms with van der Waals surface area (Å²) in [4.78, 5) is 26.6. The molecule has 0 saturated carbocycles. The summed E-state index contributed by atoms with van der Waals surface area (Å²) in [5, 5.41) is 9.33. The molecule has 0 radical (unpaired) electrons. The molecule has 6 heteroatoms. The van der Waals surface area contributed by atoms with E-state index in [1.807, 2.05) is 19.9 Å². The van der Waals surface area contributed by atoms with Gasteiger partial charge in [-0.2, -0.15) is 5.26 Å². The van der Waals surface area contributed by atoms with Crippen LogP contribution in [0.1, 0.15) is 37.0 Å². The van der Waals surface area contributed by atoms with Crippen molar-refractivity contribution in [3.63, 3.8) is 0 Å². The Morgan fingerprint density at radius 3 is 2.38 bits per heavy atom. The van der Waals surface area contributed by atoms with Crippen molar-refractivity contribution in [1.29, 1.82) is 5.26 Å². The molecule has 0 aliphatic carbocycles. The lowest BCUT2D eigenvalue weighted by molar-refractivity contribution is -0.131. The molecule has 6 nitrogen and oxygen atoms in total. The average molecular weight is 330 g/mol. The molecular weight excluding hydrogens is 308 g/mol. The molecule has 0 spiro atoms. The molecule has 1 aliphatic rings. The van der Waals surface area contributed by atoms with E-state index in [1.54, 1.807) is 23.1 Å². The van der Waals surface area contributed by atoms with Gasteiger partial charge in [-0.25, -0.2) is 0 Å². The van der Waals surface area contributed by atoms with Crippen LogP contribution >= 0.6 is 0 Å². The molecule has 2 rings (SSSR count). The Morgan fingerprint density at radius 1 is 1.17 bits per heavy atom. The monoisotopic (exact) mass is 330 g/mol. The van der Waals surface area contributed by atoms with Crippen LogP contribution in [0.3, 0.4) is 0 Å². The largest absolute Gasteiger partial charge is 0.490 e. The van der Waals surface area contributed by atoms with Crippen LogP contribution in [-0.4, -0.2) is 42.9 Å². The minimum atomic E-state index is -1.31. The molecule has 1 unspecified atom stereocenters. The van der Waals surface area contributed by atoms with Gasteiger partial charge in [-0.15, -0.1) is 0 Å². The summed E-state index contributed by atoms with van der Waals surface area (Å²) in [7, 11) is 0. The molecule has 1 amide bonds. The van der Waals surface area contributed by atoms with Crippen LogP contribution in [0.25, 0.3) is 0 Å².